The summed E-state index contributed by atoms with van der Waals surface area (Å²) in [6, 6.07) is 2.09. The van der Waals surface area contributed by atoms with Crippen molar-refractivity contribution in [2.24, 2.45) is 7.05 Å². The normalized spacial score (nSPS) is 9.75. The number of unbranched alkanes of at least 4 members (excludes halogenated alkanes) is 1. The molecule has 1 aromatic rings. The van der Waals surface area contributed by atoms with Gasteiger partial charge in [-0.25, -0.2) is 4.98 Å². The molecule has 64 valence electrons. The van der Waals surface area contributed by atoms with E-state index in [1.807, 2.05) is 11.6 Å². The van der Waals surface area contributed by atoms with Crippen LogP contribution in [0.15, 0.2) is 6.33 Å². The summed E-state index contributed by atoms with van der Waals surface area (Å²) in [6.45, 7) is 2.14. The van der Waals surface area contributed by atoms with E-state index in [4.69, 9.17) is 5.26 Å². The van der Waals surface area contributed by atoms with Crippen LogP contribution in [0.4, 0.5) is 0 Å². The highest BCUT2D eigenvalue weighted by Gasteiger charge is 2.06. The van der Waals surface area contributed by atoms with Gasteiger partial charge in [0.25, 0.3) is 0 Å². The van der Waals surface area contributed by atoms with E-state index in [2.05, 4.69) is 18.0 Å². The van der Waals surface area contributed by atoms with Crippen molar-refractivity contribution < 1.29 is 0 Å². The van der Waals surface area contributed by atoms with E-state index < -0.39 is 0 Å². The molecule has 1 heterocycles. The number of rotatable bonds is 3. The zero-order valence-electron chi connectivity index (χ0n) is 7.54. The monoisotopic (exact) mass is 163 g/mol. The summed E-state index contributed by atoms with van der Waals surface area (Å²) in [5.74, 6) is 0. The number of imidazole rings is 1. The number of hydrogen-bond acceptors (Lipinski definition) is 2. The van der Waals surface area contributed by atoms with E-state index >= 15 is 0 Å². The molecule has 0 atom stereocenters. The molecule has 0 unspecified atom stereocenters. The molecule has 1 rings (SSSR count). The lowest BCUT2D eigenvalue weighted by molar-refractivity contribution is 0.731. The molecule has 0 saturated heterocycles. The van der Waals surface area contributed by atoms with Gasteiger partial charge in [0, 0.05) is 7.05 Å². The summed E-state index contributed by atoms with van der Waals surface area (Å²) in [5, 5.41) is 8.71. The number of nitrogens with zero attached hydrogens (tertiary/aromatic N) is 3. The number of aryl methyl sites for hydroxylation is 1. The fourth-order valence-corrected chi connectivity index (χ4v) is 1.19. The van der Waals surface area contributed by atoms with Gasteiger partial charge in [0.1, 0.15) is 6.07 Å². The fraction of sp³-hybridized carbons (Fsp3) is 0.556. The predicted molar refractivity (Wildman–Crippen MR) is 46.5 cm³/mol. The lowest BCUT2D eigenvalue weighted by Crippen LogP contribution is -1.96. The Labute approximate surface area is 72.7 Å². The summed E-state index contributed by atoms with van der Waals surface area (Å²) in [4.78, 5) is 3.99. The molecule has 0 radical (unpaired) electrons. The summed E-state index contributed by atoms with van der Waals surface area (Å²) >= 11 is 0. The van der Waals surface area contributed by atoms with Crippen LogP contribution in [0.25, 0.3) is 0 Å². The molecule has 0 spiro atoms. The topological polar surface area (TPSA) is 41.6 Å². The molecule has 0 amide bonds. The zero-order chi connectivity index (χ0) is 8.97. The van der Waals surface area contributed by atoms with Gasteiger partial charge in [-0.15, -0.1) is 0 Å². The van der Waals surface area contributed by atoms with Gasteiger partial charge >= 0.3 is 0 Å². The Balaban J connectivity index is 2.81. The van der Waals surface area contributed by atoms with Crippen LogP contribution in [-0.2, 0) is 13.5 Å². The first-order chi connectivity index (χ1) is 5.79. The maximum atomic E-state index is 8.71. The minimum Gasteiger partial charge on any atom is -0.336 e. The number of aromatic nitrogens is 2. The lowest BCUT2D eigenvalue weighted by atomic mass is 10.2. The Hall–Kier alpha value is -1.30. The highest BCUT2D eigenvalue weighted by atomic mass is 15.0. The summed E-state index contributed by atoms with van der Waals surface area (Å²) in [7, 11) is 1.93. The van der Waals surface area contributed by atoms with Crippen LogP contribution in [-0.4, -0.2) is 9.55 Å². The first kappa shape index (κ1) is 8.79. The summed E-state index contributed by atoms with van der Waals surface area (Å²) < 4.78 is 1.92. The molecule has 12 heavy (non-hydrogen) atoms. The Morgan fingerprint density at radius 2 is 2.42 bits per heavy atom. The van der Waals surface area contributed by atoms with Gasteiger partial charge in [-0.3, -0.25) is 0 Å². The second kappa shape index (κ2) is 3.91. The maximum absolute atomic E-state index is 8.71. The van der Waals surface area contributed by atoms with Crippen molar-refractivity contribution in [3.8, 4) is 6.07 Å². The third kappa shape index (κ3) is 1.65. The van der Waals surface area contributed by atoms with E-state index in [0.717, 1.165) is 25.0 Å². The first-order valence-corrected chi connectivity index (χ1v) is 4.20. The van der Waals surface area contributed by atoms with Gasteiger partial charge < -0.3 is 4.57 Å². The smallest absolute Gasteiger partial charge is 0.161 e. The van der Waals surface area contributed by atoms with Crippen molar-refractivity contribution >= 4 is 0 Å². The van der Waals surface area contributed by atoms with Gasteiger partial charge in [-0.1, -0.05) is 13.3 Å². The summed E-state index contributed by atoms with van der Waals surface area (Å²) in [5.41, 5.74) is 1.63. The van der Waals surface area contributed by atoms with Crippen LogP contribution >= 0.6 is 0 Å². The molecule has 0 aromatic carbocycles. The average Bonchev–Trinajstić information content (AvgIpc) is 2.43. The molecule has 0 N–H and O–H groups in total. The molecule has 3 heteroatoms. The third-order valence-corrected chi connectivity index (χ3v) is 1.93. The highest BCUT2D eigenvalue weighted by Crippen LogP contribution is 2.08. The van der Waals surface area contributed by atoms with Gasteiger partial charge in [-0.05, 0) is 12.8 Å². The highest BCUT2D eigenvalue weighted by molar-refractivity contribution is 5.26. The van der Waals surface area contributed by atoms with Crippen molar-refractivity contribution in [3.05, 3.63) is 17.7 Å². The Morgan fingerprint density at radius 1 is 1.67 bits per heavy atom. The Kier molecular flexibility index (Phi) is 2.87. The molecule has 0 bridgehead atoms. The number of hydrogen-bond donors (Lipinski definition) is 0. The van der Waals surface area contributed by atoms with E-state index in [9.17, 15) is 0 Å². The van der Waals surface area contributed by atoms with Crippen LogP contribution in [0.5, 0.6) is 0 Å². The maximum Gasteiger partial charge on any atom is 0.161 e. The van der Waals surface area contributed by atoms with E-state index in [1.54, 1.807) is 6.33 Å². The lowest BCUT2D eigenvalue weighted by Gasteiger charge is -2.00. The van der Waals surface area contributed by atoms with Crippen molar-refractivity contribution in [2.45, 2.75) is 26.2 Å². The van der Waals surface area contributed by atoms with Gasteiger partial charge in [0.15, 0.2) is 5.69 Å². The minimum absolute atomic E-state index is 0.575. The van der Waals surface area contributed by atoms with Crippen molar-refractivity contribution in [1.82, 2.24) is 9.55 Å². The Morgan fingerprint density at radius 3 is 3.00 bits per heavy atom. The average molecular weight is 163 g/mol. The second-order valence-corrected chi connectivity index (χ2v) is 2.87. The van der Waals surface area contributed by atoms with Crippen LogP contribution in [0.1, 0.15) is 31.2 Å². The molecule has 1 aromatic heterocycles. The molecule has 0 fully saturated rings. The molecule has 3 nitrogen and oxygen atoms in total. The largest absolute Gasteiger partial charge is 0.336 e. The van der Waals surface area contributed by atoms with E-state index in [0.29, 0.717) is 5.69 Å². The quantitative estimate of drug-likeness (QED) is 0.679. The van der Waals surface area contributed by atoms with Crippen LogP contribution in [0.2, 0.25) is 0 Å². The van der Waals surface area contributed by atoms with Crippen LogP contribution in [0, 0.1) is 11.3 Å². The third-order valence-electron chi connectivity index (χ3n) is 1.93. The van der Waals surface area contributed by atoms with Crippen LogP contribution < -0.4 is 0 Å². The predicted octanol–water partition coefficient (Wildman–Crippen LogP) is 1.63. The minimum atomic E-state index is 0.575. The molecule has 0 saturated carbocycles. The molecular formula is C9H13N3. The molecule has 0 aliphatic rings. The van der Waals surface area contributed by atoms with Crippen molar-refractivity contribution in [1.29, 1.82) is 5.26 Å². The SMILES string of the molecule is CCCCc1c(C#N)ncn1C. The first-order valence-electron chi connectivity index (χ1n) is 4.20. The van der Waals surface area contributed by atoms with E-state index in [-0.39, 0.29) is 0 Å². The fourth-order valence-electron chi connectivity index (χ4n) is 1.19. The molecular weight excluding hydrogens is 150 g/mol. The second-order valence-electron chi connectivity index (χ2n) is 2.87. The van der Waals surface area contributed by atoms with Gasteiger partial charge in [-0.2, -0.15) is 5.26 Å². The standard InChI is InChI=1S/C9H13N3/c1-3-4-5-9-8(6-10)11-7-12(9)2/h7H,3-5H2,1-2H3. The van der Waals surface area contributed by atoms with Crippen molar-refractivity contribution in [2.75, 3.05) is 0 Å². The van der Waals surface area contributed by atoms with Crippen molar-refractivity contribution in [3.63, 3.8) is 0 Å². The van der Waals surface area contributed by atoms with E-state index in [1.165, 1.54) is 0 Å². The van der Waals surface area contributed by atoms with Gasteiger partial charge in [0.05, 0.1) is 12.0 Å². The molecule has 0 aliphatic heterocycles. The van der Waals surface area contributed by atoms with Gasteiger partial charge in [0.2, 0.25) is 0 Å². The number of nitriles is 1. The summed E-state index contributed by atoms with van der Waals surface area (Å²) in [6.07, 6.45) is 4.92. The zero-order valence-corrected chi connectivity index (χ0v) is 7.54. The Bertz CT molecular complexity index is 293. The van der Waals surface area contributed by atoms with Crippen LogP contribution in [0.3, 0.4) is 0 Å². The molecule has 0 aliphatic carbocycles.